The van der Waals surface area contributed by atoms with Crippen LogP contribution in [0, 0.1) is 5.41 Å². The SMILES string of the molecule is C[C@@H]1OCC2(CCN(c3nc4cnn(-c5ccc6cn(C)nc6c5)c4nc3CO)CC2)C1[Si]. The summed E-state index contributed by atoms with van der Waals surface area (Å²) in [6.07, 6.45) is 5.98. The summed E-state index contributed by atoms with van der Waals surface area (Å²) < 4.78 is 9.48. The van der Waals surface area contributed by atoms with Crippen LogP contribution in [0.5, 0.6) is 0 Å². The average Bonchev–Trinajstić information content (AvgIpc) is 3.49. The van der Waals surface area contributed by atoms with Crippen LogP contribution < -0.4 is 4.90 Å². The van der Waals surface area contributed by atoms with Crippen molar-refractivity contribution in [3.8, 4) is 5.69 Å². The van der Waals surface area contributed by atoms with E-state index in [1.54, 1.807) is 15.6 Å². The van der Waals surface area contributed by atoms with Crippen molar-refractivity contribution >= 4 is 38.1 Å². The van der Waals surface area contributed by atoms with Gasteiger partial charge in [-0.25, -0.2) is 14.6 Å². The highest BCUT2D eigenvalue weighted by atomic mass is 28.1. The molecule has 2 aliphatic rings. The number of ether oxygens (including phenoxy) is 1. The van der Waals surface area contributed by atoms with E-state index in [9.17, 15) is 5.11 Å². The van der Waals surface area contributed by atoms with Gasteiger partial charge in [-0.1, -0.05) is 0 Å². The number of fused-ring (bicyclic) bond motifs is 2. The minimum Gasteiger partial charge on any atom is -0.390 e. The molecule has 0 amide bonds. The van der Waals surface area contributed by atoms with Gasteiger partial charge in [-0.3, -0.25) is 4.68 Å². The molecule has 169 valence electrons. The summed E-state index contributed by atoms with van der Waals surface area (Å²) in [7, 11) is 5.84. The first kappa shape index (κ1) is 20.8. The fraction of sp³-hybridized carbons (Fsp3) is 0.478. The fourth-order valence-corrected chi connectivity index (χ4v) is 5.75. The summed E-state index contributed by atoms with van der Waals surface area (Å²) >= 11 is 0. The molecule has 1 unspecified atom stereocenters. The Morgan fingerprint density at radius 1 is 1.21 bits per heavy atom. The van der Waals surface area contributed by atoms with E-state index in [-0.39, 0.29) is 18.1 Å². The zero-order chi connectivity index (χ0) is 22.7. The summed E-state index contributed by atoms with van der Waals surface area (Å²) in [5, 5.41) is 20.2. The van der Waals surface area contributed by atoms with Crippen LogP contribution in [0.2, 0.25) is 5.54 Å². The van der Waals surface area contributed by atoms with Crippen molar-refractivity contribution < 1.29 is 9.84 Å². The first-order valence-corrected chi connectivity index (χ1v) is 11.9. The molecule has 0 saturated carbocycles. The highest BCUT2D eigenvalue weighted by Crippen LogP contribution is 2.49. The van der Waals surface area contributed by atoms with Gasteiger partial charge < -0.3 is 14.7 Å². The average molecular weight is 461 g/mol. The lowest BCUT2D eigenvalue weighted by Crippen LogP contribution is -2.43. The zero-order valence-electron chi connectivity index (χ0n) is 18.8. The number of aliphatic hydroxyl groups excluding tert-OH is 1. The molecule has 33 heavy (non-hydrogen) atoms. The number of hydrogen-bond donors (Lipinski definition) is 1. The number of aliphatic hydroxyl groups is 1. The molecule has 2 aliphatic heterocycles. The van der Waals surface area contributed by atoms with Gasteiger partial charge in [0.1, 0.15) is 11.2 Å². The molecule has 2 fully saturated rings. The maximum absolute atomic E-state index is 10.1. The second-order valence-corrected chi connectivity index (χ2v) is 9.93. The van der Waals surface area contributed by atoms with Crippen LogP contribution in [0.3, 0.4) is 0 Å². The van der Waals surface area contributed by atoms with E-state index in [1.807, 2.05) is 31.4 Å². The molecule has 1 spiro atoms. The molecule has 3 radical (unpaired) electrons. The lowest BCUT2D eigenvalue weighted by molar-refractivity contribution is 0.0975. The van der Waals surface area contributed by atoms with E-state index in [0.717, 1.165) is 54.9 Å². The van der Waals surface area contributed by atoms with Crippen LogP contribution in [0.4, 0.5) is 5.82 Å². The number of anilines is 1. The first-order valence-electron chi connectivity index (χ1n) is 11.3. The number of rotatable bonds is 3. The van der Waals surface area contributed by atoms with Gasteiger partial charge in [0.05, 0.1) is 36.7 Å². The molecule has 1 aromatic carbocycles. The number of piperidine rings is 1. The van der Waals surface area contributed by atoms with Crippen molar-refractivity contribution in [2.24, 2.45) is 12.5 Å². The third-order valence-electron chi connectivity index (χ3n) is 7.27. The second kappa shape index (κ2) is 7.61. The maximum atomic E-state index is 10.1. The molecule has 0 bridgehead atoms. The lowest BCUT2D eigenvalue weighted by Gasteiger charge is -2.42. The monoisotopic (exact) mass is 460 g/mol. The molecule has 2 atom stereocenters. The molecule has 2 saturated heterocycles. The van der Waals surface area contributed by atoms with E-state index >= 15 is 0 Å². The Balaban J connectivity index is 1.33. The number of nitrogens with zero attached hydrogens (tertiary/aromatic N) is 7. The predicted octanol–water partition coefficient (Wildman–Crippen LogP) is 2.16. The molecule has 9 nitrogen and oxygen atoms in total. The van der Waals surface area contributed by atoms with Crippen LogP contribution in [0.15, 0.2) is 30.6 Å². The van der Waals surface area contributed by atoms with Gasteiger partial charge in [-0.05, 0) is 48.9 Å². The Morgan fingerprint density at radius 2 is 2.03 bits per heavy atom. The molecule has 5 heterocycles. The van der Waals surface area contributed by atoms with E-state index in [0.29, 0.717) is 22.4 Å². The lowest BCUT2D eigenvalue weighted by atomic mass is 9.76. The second-order valence-electron chi connectivity index (χ2n) is 9.31. The van der Waals surface area contributed by atoms with Crippen molar-refractivity contribution in [3.63, 3.8) is 0 Å². The molecule has 1 N–H and O–H groups in total. The normalized spacial score (nSPS) is 22.7. The van der Waals surface area contributed by atoms with Crippen molar-refractivity contribution in [1.29, 1.82) is 0 Å². The molecule has 3 aromatic heterocycles. The molecule has 4 aromatic rings. The minimum atomic E-state index is -0.175. The van der Waals surface area contributed by atoms with Crippen LogP contribution in [0.1, 0.15) is 25.5 Å². The van der Waals surface area contributed by atoms with Gasteiger partial charge in [-0.2, -0.15) is 10.2 Å². The molecule has 10 heteroatoms. The molecule has 6 rings (SSSR count). The quantitative estimate of drug-likeness (QED) is 0.468. The van der Waals surface area contributed by atoms with Gasteiger partial charge in [0.2, 0.25) is 0 Å². The van der Waals surface area contributed by atoms with Crippen LogP contribution in [0.25, 0.3) is 27.8 Å². The zero-order valence-corrected chi connectivity index (χ0v) is 19.8. The smallest absolute Gasteiger partial charge is 0.182 e. The highest BCUT2D eigenvalue weighted by molar-refractivity contribution is 6.12. The van der Waals surface area contributed by atoms with E-state index < -0.39 is 0 Å². The minimum absolute atomic E-state index is 0.165. The van der Waals surface area contributed by atoms with Crippen LogP contribution >= 0.6 is 0 Å². The summed E-state index contributed by atoms with van der Waals surface area (Å²) in [5.41, 5.74) is 4.19. The molecular weight excluding hydrogens is 434 g/mol. The van der Waals surface area contributed by atoms with Crippen LogP contribution in [-0.4, -0.2) is 70.7 Å². The Labute approximate surface area is 194 Å². The Morgan fingerprint density at radius 3 is 2.76 bits per heavy atom. The topological polar surface area (TPSA) is 94.1 Å². The van der Waals surface area contributed by atoms with Crippen molar-refractivity contribution in [3.05, 3.63) is 36.3 Å². The standard InChI is InChI=1S/C23H26N7O2Si/c1-14-20(33)23(13-32-14)5-7-29(8-6-23)21-19(12-31)26-22-18(25-21)10-24-30(22)16-4-3-15-11-28(2)27-17(15)9-16/h3-4,9-11,14,20,31H,5-8,12-13H2,1-2H3/t14-,20?/m0/s1. The molecular formula is C23H26N7O2Si. The first-order chi connectivity index (χ1) is 16.0. The van der Waals surface area contributed by atoms with Crippen molar-refractivity contribution in [1.82, 2.24) is 29.5 Å². The predicted molar refractivity (Wildman–Crippen MR) is 126 cm³/mol. The van der Waals surface area contributed by atoms with Gasteiger partial charge in [0, 0.05) is 42.0 Å². The Kier molecular flexibility index (Phi) is 4.79. The summed E-state index contributed by atoms with van der Waals surface area (Å²) in [5.74, 6) is 0.747. The van der Waals surface area contributed by atoms with Gasteiger partial charge >= 0.3 is 0 Å². The van der Waals surface area contributed by atoms with Gasteiger partial charge in [0.15, 0.2) is 11.5 Å². The fourth-order valence-electron chi connectivity index (χ4n) is 5.28. The van der Waals surface area contributed by atoms with Crippen LogP contribution in [-0.2, 0) is 18.4 Å². The van der Waals surface area contributed by atoms with Crippen molar-refractivity contribution in [2.75, 3.05) is 24.6 Å². The number of aromatic nitrogens is 6. The number of benzene rings is 1. The summed E-state index contributed by atoms with van der Waals surface area (Å²) in [6.45, 7) is 4.46. The largest absolute Gasteiger partial charge is 0.390 e. The maximum Gasteiger partial charge on any atom is 0.182 e. The Hall–Kier alpha value is -2.82. The van der Waals surface area contributed by atoms with E-state index in [4.69, 9.17) is 14.7 Å². The number of hydrogen-bond acceptors (Lipinski definition) is 7. The van der Waals surface area contributed by atoms with Crippen molar-refractivity contribution in [2.45, 2.75) is 38.0 Å². The van der Waals surface area contributed by atoms with E-state index in [1.165, 1.54) is 0 Å². The third-order valence-corrected chi connectivity index (χ3v) is 8.35. The van der Waals surface area contributed by atoms with Gasteiger partial charge in [0.25, 0.3) is 0 Å². The van der Waals surface area contributed by atoms with Gasteiger partial charge in [-0.15, -0.1) is 0 Å². The van der Waals surface area contributed by atoms with E-state index in [2.05, 4.69) is 32.3 Å². The Bertz CT molecular complexity index is 1340. The summed E-state index contributed by atoms with van der Waals surface area (Å²) in [6, 6.07) is 6.01. The highest BCUT2D eigenvalue weighted by Gasteiger charge is 2.47. The third kappa shape index (κ3) is 3.27. The summed E-state index contributed by atoms with van der Waals surface area (Å²) in [4.78, 5) is 11.9. The number of aryl methyl sites for hydroxylation is 1. The molecule has 0 aliphatic carbocycles.